The molecule has 3 heterocycles. The van der Waals surface area contributed by atoms with Crippen molar-refractivity contribution in [3.05, 3.63) is 58.4 Å². The lowest BCUT2D eigenvalue weighted by Crippen LogP contribution is -2.19. The summed E-state index contributed by atoms with van der Waals surface area (Å²) in [5, 5.41) is 13.5. The number of aromatic nitrogens is 1. The molecule has 0 spiro atoms. The number of ether oxygens (including phenoxy) is 1. The molecule has 27 heavy (non-hydrogen) atoms. The summed E-state index contributed by atoms with van der Waals surface area (Å²) >= 11 is 0. The van der Waals surface area contributed by atoms with E-state index >= 15 is 0 Å². The average molecular weight is 363 g/mol. The Hall–Kier alpha value is -2.63. The molecular weight excluding hydrogens is 342 g/mol. The SMILES string of the molecule is CC[C@H]1O[C@@H](n2c3ccccc3c3cc4c(C)cc(=O)oc4cc32)CC1O. The zero-order chi connectivity index (χ0) is 18.7. The molecule has 0 aliphatic carbocycles. The second kappa shape index (κ2) is 5.94. The van der Waals surface area contributed by atoms with Crippen molar-refractivity contribution in [3.8, 4) is 0 Å². The van der Waals surface area contributed by atoms with Gasteiger partial charge in [-0.1, -0.05) is 25.1 Å². The van der Waals surface area contributed by atoms with Gasteiger partial charge in [0, 0.05) is 34.7 Å². The van der Waals surface area contributed by atoms with Gasteiger partial charge in [0.1, 0.15) is 11.8 Å². The van der Waals surface area contributed by atoms with Crippen LogP contribution in [0.1, 0.15) is 31.6 Å². The van der Waals surface area contributed by atoms with Gasteiger partial charge in [-0.2, -0.15) is 0 Å². The highest BCUT2D eigenvalue weighted by molar-refractivity contribution is 6.12. The second-order valence-electron chi connectivity index (χ2n) is 7.34. The first kappa shape index (κ1) is 16.5. The molecule has 0 amide bonds. The summed E-state index contributed by atoms with van der Waals surface area (Å²) in [4.78, 5) is 11.8. The van der Waals surface area contributed by atoms with E-state index in [0.29, 0.717) is 12.0 Å². The van der Waals surface area contributed by atoms with E-state index in [9.17, 15) is 9.90 Å². The molecule has 4 aromatic rings. The van der Waals surface area contributed by atoms with Crippen molar-refractivity contribution in [1.29, 1.82) is 0 Å². The van der Waals surface area contributed by atoms with Crippen molar-refractivity contribution in [2.24, 2.45) is 0 Å². The third-order valence-corrected chi connectivity index (χ3v) is 5.68. The lowest BCUT2D eigenvalue weighted by Gasteiger charge is -2.17. The van der Waals surface area contributed by atoms with Gasteiger partial charge >= 0.3 is 5.63 Å². The second-order valence-corrected chi connectivity index (χ2v) is 7.34. The molecule has 1 unspecified atom stereocenters. The Morgan fingerprint density at radius 3 is 2.70 bits per heavy atom. The third-order valence-electron chi connectivity index (χ3n) is 5.68. The van der Waals surface area contributed by atoms with Crippen LogP contribution in [0, 0.1) is 6.92 Å². The minimum Gasteiger partial charge on any atom is -0.423 e. The first-order valence-electron chi connectivity index (χ1n) is 9.37. The first-order chi connectivity index (χ1) is 13.1. The molecule has 5 nitrogen and oxygen atoms in total. The largest absolute Gasteiger partial charge is 0.423 e. The van der Waals surface area contributed by atoms with E-state index in [2.05, 4.69) is 22.8 Å². The van der Waals surface area contributed by atoms with Gasteiger partial charge in [-0.15, -0.1) is 0 Å². The molecule has 5 heteroatoms. The topological polar surface area (TPSA) is 64.6 Å². The van der Waals surface area contributed by atoms with Crippen molar-refractivity contribution in [3.63, 3.8) is 0 Å². The van der Waals surface area contributed by atoms with Crippen LogP contribution in [0.25, 0.3) is 32.8 Å². The highest BCUT2D eigenvalue weighted by Gasteiger charge is 2.35. The third kappa shape index (κ3) is 2.42. The zero-order valence-corrected chi connectivity index (χ0v) is 15.3. The maximum atomic E-state index is 11.8. The van der Waals surface area contributed by atoms with Crippen molar-refractivity contribution in [2.45, 2.75) is 45.1 Å². The minimum absolute atomic E-state index is 0.160. The van der Waals surface area contributed by atoms with Crippen LogP contribution >= 0.6 is 0 Å². The molecule has 0 bridgehead atoms. The first-order valence-corrected chi connectivity index (χ1v) is 9.37. The number of nitrogens with zero attached hydrogens (tertiary/aromatic N) is 1. The normalized spacial score (nSPS) is 23.0. The van der Waals surface area contributed by atoms with Gasteiger partial charge in [-0.3, -0.25) is 0 Å². The van der Waals surface area contributed by atoms with Gasteiger partial charge in [0.2, 0.25) is 0 Å². The summed E-state index contributed by atoms with van der Waals surface area (Å²) in [6.07, 6.45) is 0.429. The number of benzene rings is 2. The number of para-hydroxylation sites is 1. The van der Waals surface area contributed by atoms with Crippen LogP contribution in [0.2, 0.25) is 0 Å². The van der Waals surface area contributed by atoms with Crippen LogP contribution in [-0.2, 0) is 4.74 Å². The summed E-state index contributed by atoms with van der Waals surface area (Å²) in [5.74, 6) is 0. The summed E-state index contributed by atoms with van der Waals surface area (Å²) in [5.41, 5.74) is 3.13. The number of rotatable bonds is 2. The Balaban J connectivity index is 1.85. The van der Waals surface area contributed by atoms with E-state index < -0.39 is 6.10 Å². The molecule has 5 rings (SSSR count). The Morgan fingerprint density at radius 1 is 1.11 bits per heavy atom. The number of hydrogen-bond acceptors (Lipinski definition) is 4. The molecule has 0 radical (unpaired) electrons. The fraction of sp³-hybridized carbons (Fsp3) is 0.318. The Kier molecular flexibility index (Phi) is 3.64. The van der Waals surface area contributed by atoms with E-state index in [0.717, 1.165) is 39.2 Å². The predicted molar refractivity (Wildman–Crippen MR) is 105 cm³/mol. The maximum Gasteiger partial charge on any atom is 0.336 e. The van der Waals surface area contributed by atoms with Crippen LogP contribution in [0.15, 0.2) is 51.7 Å². The van der Waals surface area contributed by atoms with Crippen molar-refractivity contribution in [1.82, 2.24) is 4.57 Å². The lowest BCUT2D eigenvalue weighted by molar-refractivity contribution is -0.0162. The molecule has 138 valence electrons. The number of aryl methyl sites for hydroxylation is 1. The molecular formula is C22H21NO4. The molecule has 1 N–H and O–H groups in total. The van der Waals surface area contributed by atoms with Gasteiger partial charge in [-0.05, 0) is 31.0 Å². The quantitative estimate of drug-likeness (QED) is 0.540. The fourth-order valence-corrected chi connectivity index (χ4v) is 4.36. The predicted octanol–water partition coefficient (Wildman–Crippen LogP) is 4.27. The van der Waals surface area contributed by atoms with Crippen LogP contribution in [0.5, 0.6) is 0 Å². The van der Waals surface area contributed by atoms with Crippen molar-refractivity contribution < 1.29 is 14.3 Å². The van der Waals surface area contributed by atoms with Gasteiger partial charge in [-0.25, -0.2) is 4.79 Å². The van der Waals surface area contributed by atoms with Crippen LogP contribution in [0.4, 0.5) is 0 Å². The van der Waals surface area contributed by atoms with Crippen LogP contribution in [0.3, 0.4) is 0 Å². The molecule has 3 atom stereocenters. The molecule has 1 aliphatic rings. The molecule has 2 aromatic heterocycles. The van der Waals surface area contributed by atoms with Gasteiger partial charge < -0.3 is 18.8 Å². The van der Waals surface area contributed by atoms with E-state index in [1.165, 1.54) is 6.07 Å². The maximum absolute atomic E-state index is 11.8. The highest BCUT2D eigenvalue weighted by atomic mass is 16.5. The van der Waals surface area contributed by atoms with Gasteiger partial charge in [0.25, 0.3) is 0 Å². The number of hydrogen-bond donors (Lipinski definition) is 1. The van der Waals surface area contributed by atoms with Crippen molar-refractivity contribution in [2.75, 3.05) is 0 Å². The van der Waals surface area contributed by atoms with E-state index in [-0.39, 0.29) is 18.0 Å². The molecule has 0 saturated carbocycles. The summed E-state index contributed by atoms with van der Waals surface area (Å²) in [7, 11) is 0. The average Bonchev–Trinajstić information content (AvgIpc) is 3.17. The van der Waals surface area contributed by atoms with Crippen LogP contribution < -0.4 is 5.63 Å². The monoisotopic (exact) mass is 363 g/mol. The zero-order valence-electron chi connectivity index (χ0n) is 15.3. The Labute approximate surface area is 155 Å². The van der Waals surface area contributed by atoms with E-state index in [1.807, 2.05) is 32.0 Å². The molecule has 1 saturated heterocycles. The fourth-order valence-electron chi connectivity index (χ4n) is 4.36. The lowest BCUT2D eigenvalue weighted by atomic mass is 10.1. The molecule has 2 aromatic carbocycles. The van der Waals surface area contributed by atoms with Crippen LogP contribution in [-0.4, -0.2) is 21.9 Å². The smallest absolute Gasteiger partial charge is 0.336 e. The van der Waals surface area contributed by atoms with Crippen molar-refractivity contribution >= 4 is 32.8 Å². The summed E-state index contributed by atoms with van der Waals surface area (Å²) < 4.78 is 13.8. The van der Waals surface area contributed by atoms with E-state index in [1.54, 1.807) is 0 Å². The standard InChI is InChI=1S/C22H21NO4/c1-3-19-18(24)11-21(26-19)23-16-7-5-4-6-13(16)15-9-14-12(2)8-22(25)27-20(14)10-17(15)23/h4-10,18-19,21,24H,3,11H2,1-2H3/t18?,19-,21-/m1/s1. The minimum atomic E-state index is -0.475. The number of aliphatic hydroxyl groups excluding tert-OH is 1. The Morgan fingerprint density at radius 2 is 1.93 bits per heavy atom. The van der Waals surface area contributed by atoms with Gasteiger partial charge in [0.05, 0.1) is 23.2 Å². The summed E-state index contributed by atoms with van der Waals surface area (Å²) in [6, 6.07) is 13.7. The molecule has 1 aliphatic heterocycles. The highest BCUT2D eigenvalue weighted by Crippen LogP contribution is 2.39. The number of fused-ring (bicyclic) bond motifs is 4. The Bertz CT molecular complexity index is 1240. The molecule has 1 fully saturated rings. The summed E-state index contributed by atoms with van der Waals surface area (Å²) in [6.45, 7) is 3.94. The number of aliphatic hydroxyl groups is 1. The van der Waals surface area contributed by atoms with Gasteiger partial charge in [0.15, 0.2) is 0 Å². The van der Waals surface area contributed by atoms with E-state index in [4.69, 9.17) is 9.15 Å².